The van der Waals surface area contributed by atoms with Gasteiger partial charge in [-0.1, -0.05) is 18.2 Å². The van der Waals surface area contributed by atoms with Gasteiger partial charge in [0, 0.05) is 0 Å². The van der Waals surface area contributed by atoms with Crippen LogP contribution in [0.25, 0.3) is 0 Å². The Hall–Kier alpha value is -3.11. The Morgan fingerprint density at radius 1 is 1.07 bits per heavy atom. The molecule has 0 radical (unpaired) electrons. The van der Waals surface area contributed by atoms with Gasteiger partial charge in [-0.05, 0) is 43.2 Å². The third-order valence-electron chi connectivity index (χ3n) is 3.82. The monoisotopic (exact) mass is 407 g/mol. The Morgan fingerprint density at radius 3 is 2.29 bits per heavy atom. The second-order valence-corrected chi connectivity index (χ2v) is 7.48. The van der Waals surface area contributed by atoms with Gasteiger partial charge >= 0.3 is 0 Å². The van der Waals surface area contributed by atoms with E-state index in [4.69, 9.17) is 14.6 Å². The van der Waals surface area contributed by atoms with Gasteiger partial charge in [0.2, 0.25) is 10.0 Å². The van der Waals surface area contributed by atoms with Crippen molar-refractivity contribution >= 4 is 21.8 Å². The Bertz CT molecular complexity index is 984. The molecule has 2 aromatic carbocycles. The van der Waals surface area contributed by atoms with Crippen molar-refractivity contribution < 1.29 is 27.5 Å². The van der Waals surface area contributed by atoms with Crippen LogP contribution in [-0.2, 0) is 14.8 Å². The largest absolute Gasteiger partial charge is 0.496 e. The molecule has 0 saturated heterocycles. The first-order chi connectivity index (χ1) is 13.1. The molecule has 0 aromatic heterocycles. The number of nitrogens with one attached hydrogen (secondary N) is 2. The highest BCUT2D eigenvalue weighted by molar-refractivity contribution is 7.89. The lowest BCUT2D eigenvalue weighted by molar-refractivity contribution is -0.123. The summed E-state index contributed by atoms with van der Waals surface area (Å²) in [7, 11) is -2.69. The summed E-state index contributed by atoms with van der Waals surface area (Å²) in [6, 6.07) is 9.14. The fraction of sp³-hybridized carbons (Fsp3) is 0.222. The normalized spacial score (nSPS) is 10.9. The summed E-state index contributed by atoms with van der Waals surface area (Å²) in [4.78, 5) is 24.0. The van der Waals surface area contributed by atoms with Crippen molar-refractivity contribution in [3.8, 4) is 11.5 Å². The van der Waals surface area contributed by atoms with Crippen LogP contribution in [0.15, 0.2) is 41.3 Å². The molecule has 28 heavy (non-hydrogen) atoms. The molecule has 2 amide bonds. The molecule has 0 saturated carbocycles. The van der Waals surface area contributed by atoms with Gasteiger partial charge in [-0.3, -0.25) is 20.4 Å². The molecule has 0 aliphatic rings. The summed E-state index contributed by atoms with van der Waals surface area (Å²) < 4.78 is 33.5. The lowest BCUT2D eigenvalue weighted by Crippen LogP contribution is -2.44. The fourth-order valence-corrected chi connectivity index (χ4v) is 2.98. The zero-order valence-electron chi connectivity index (χ0n) is 15.6. The van der Waals surface area contributed by atoms with Crippen molar-refractivity contribution in [3.05, 3.63) is 53.1 Å². The first-order valence-electron chi connectivity index (χ1n) is 8.12. The minimum atomic E-state index is -4.01. The molecule has 0 aliphatic carbocycles. The van der Waals surface area contributed by atoms with Crippen molar-refractivity contribution in [1.82, 2.24) is 10.9 Å². The fourth-order valence-electron chi connectivity index (χ4n) is 2.44. The van der Waals surface area contributed by atoms with Crippen molar-refractivity contribution in [2.24, 2.45) is 5.14 Å². The lowest BCUT2D eigenvalue weighted by atomic mass is 10.1. The Morgan fingerprint density at radius 2 is 1.71 bits per heavy atom. The molecule has 0 aliphatic heterocycles. The molecule has 2 rings (SSSR count). The Kier molecular flexibility index (Phi) is 6.60. The van der Waals surface area contributed by atoms with Crippen LogP contribution in [0.1, 0.15) is 21.5 Å². The molecule has 150 valence electrons. The van der Waals surface area contributed by atoms with Crippen molar-refractivity contribution in [2.75, 3.05) is 13.7 Å². The maximum absolute atomic E-state index is 12.3. The molecule has 2 aromatic rings. The average Bonchev–Trinajstić information content (AvgIpc) is 2.64. The van der Waals surface area contributed by atoms with Crippen LogP contribution in [0.5, 0.6) is 11.5 Å². The molecule has 0 bridgehead atoms. The quantitative estimate of drug-likeness (QED) is 0.606. The molecule has 4 N–H and O–H groups in total. The minimum absolute atomic E-state index is 0.106. The number of para-hydroxylation sites is 1. The smallest absolute Gasteiger partial charge is 0.276 e. The second kappa shape index (κ2) is 8.72. The van der Waals surface area contributed by atoms with E-state index in [1.54, 1.807) is 0 Å². The summed E-state index contributed by atoms with van der Waals surface area (Å²) in [5, 5.41) is 5.07. The number of carbonyl (C=O) groups is 2. The number of ether oxygens (including phenoxy) is 2. The molecule has 0 atom stereocenters. The highest BCUT2D eigenvalue weighted by Crippen LogP contribution is 2.22. The molecule has 0 heterocycles. The van der Waals surface area contributed by atoms with Crippen LogP contribution in [0.4, 0.5) is 0 Å². The predicted molar refractivity (Wildman–Crippen MR) is 101 cm³/mol. The van der Waals surface area contributed by atoms with E-state index in [-0.39, 0.29) is 22.8 Å². The summed E-state index contributed by atoms with van der Waals surface area (Å²) in [5.74, 6) is -0.669. The number of nitrogens with two attached hydrogens (primary N) is 1. The number of benzene rings is 2. The molecular formula is C18H21N3O6S. The van der Waals surface area contributed by atoms with Gasteiger partial charge in [-0.15, -0.1) is 0 Å². The van der Waals surface area contributed by atoms with E-state index in [0.717, 1.165) is 17.2 Å². The van der Waals surface area contributed by atoms with Crippen LogP contribution >= 0.6 is 0 Å². The van der Waals surface area contributed by atoms with E-state index in [9.17, 15) is 18.0 Å². The van der Waals surface area contributed by atoms with E-state index < -0.39 is 21.8 Å². The number of carbonyl (C=O) groups excluding carboxylic acids is 2. The number of amides is 2. The molecule has 0 fully saturated rings. The number of methoxy groups -OCH3 is 1. The molecule has 0 spiro atoms. The van der Waals surface area contributed by atoms with Gasteiger partial charge in [0.15, 0.2) is 6.61 Å². The highest BCUT2D eigenvalue weighted by atomic mass is 32.2. The number of sulfonamides is 1. The van der Waals surface area contributed by atoms with Gasteiger partial charge in [-0.2, -0.15) is 0 Å². The zero-order valence-corrected chi connectivity index (χ0v) is 16.4. The third-order valence-corrected chi connectivity index (χ3v) is 4.73. The summed E-state index contributed by atoms with van der Waals surface area (Å²) in [6.45, 7) is 3.39. The van der Waals surface area contributed by atoms with Gasteiger partial charge in [0.25, 0.3) is 11.8 Å². The van der Waals surface area contributed by atoms with E-state index in [1.807, 2.05) is 32.0 Å². The van der Waals surface area contributed by atoms with E-state index in [1.165, 1.54) is 19.2 Å². The number of hydrazine groups is 1. The lowest BCUT2D eigenvalue weighted by Gasteiger charge is -2.13. The number of hydrogen-bond acceptors (Lipinski definition) is 6. The first-order valence-corrected chi connectivity index (χ1v) is 9.67. The van der Waals surface area contributed by atoms with Crippen LogP contribution in [0.2, 0.25) is 0 Å². The minimum Gasteiger partial charge on any atom is -0.496 e. The summed E-state index contributed by atoms with van der Waals surface area (Å²) in [5.41, 5.74) is 6.03. The van der Waals surface area contributed by atoms with Crippen LogP contribution in [0.3, 0.4) is 0 Å². The number of primary sulfonamides is 1. The summed E-state index contributed by atoms with van der Waals surface area (Å²) in [6.07, 6.45) is 0. The molecular weight excluding hydrogens is 386 g/mol. The number of aryl methyl sites for hydroxylation is 2. The van der Waals surface area contributed by atoms with Crippen LogP contribution in [-0.4, -0.2) is 33.9 Å². The SMILES string of the molecule is COc1ccc(S(N)(=O)=O)cc1C(=O)NNC(=O)COc1c(C)cccc1C. The Balaban J connectivity index is 2.02. The van der Waals surface area contributed by atoms with Gasteiger partial charge in [0.05, 0.1) is 17.6 Å². The van der Waals surface area contributed by atoms with Gasteiger partial charge in [0.1, 0.15) is 11.5 Å². The van der Waals surface area contributed by atoms with E-state index in [0.29, 0.717) is 5.75 Å². The van der Waals surface area contributed by atoms with Crippen molar-refractivity contribution in [1.29, 1.82) is 0 Å². The average molecular weight is 407 g/mol. The van der Waals surface area contributed by atoms with E-state index >= 15 is 0 Å². The molecule has 10 heteroatoms. The first kappa shape index (κ1) is 21.2. The molecule has 0 unspecified atom stereocenters. The highest BCUT2D eigenvalue weighted by Gasteiger charge is 2.18. The third kappa shape index (κ3) is 5.21. The summed E-state index contributed by atoms with van der Waals surface area (Å²) >= 11 is 0. The van der Waals surface area contributed by atoms with Crippen molar-refractivity contribution in [2.45, 2.75) is 18.7 Å². The maximum Gasteiger partial charge on any atom is 0.276 e. The standard InChI is InChI=1S/C18H21N3O6S/c1-11-5-4-6-12(2)17(11)27-10-16(22)20-21-18(23)14-9-13(28(19,24)25)7-8-15(14)26-3/h4-9H,10H2,1-3H3,(H,20,22)(H,21,23)(H2,19,24,25). The Labute approximate surface area is 162 Å². The van der Waals surface area contributed by atoms with Gasteiger partial charge < -0.3 is 9.47 Å². The number of hydrogen-bond donors (Lipinski definition) is 3. The van der Waals surface area contributed by atoms with Crippen molar-refractivity contribution in [3.63, 3.8) is 0 Å². The van der Waals surface area contributed by atoms with Gasteiger partial charge in [-0.25, -0.2) is 13.6 Å². The zero-order chi connectivity index (χ0) is 20.9. The van der Waals surface area contributed by atoms with E-state index in [2.05, 4.69) is 10.9 Å². The second-order valence-electron chi connectivity index (χ2n) is 5.92. The maximum atomic E-state index is 12.3. The predicted octanol–water partition coefficient (Wildman–Crippen LogP) is 0.799. The molecule has 9 nitrogen and oxygen atoms in total. The topological polar surface area (TPSA) is 137 Å². The number of rotatable bonds is 6. The van der Waals surface area contributed by atoms with Crippen LogP contribution < -0.4 is 25.5 Å². The van der Waals surface area contributed by atoms with Crippen LogP contribution in [0, 0.1) is 13.8 Å².